The summed E-state index contributed by atoms with van der Waals surface area (Å²) in [5.41, 5.74) is -0.454. The Labute approximate surface area is 122 Å². The molecule has 0 saturated heterocycles. The monoisotopic (exact) mass is 316 g/mol. The van der Waals surface area contributed by atoms with E-state index in [9.17, 15) is 18.5 Å². The molecular weight excluding hydrogens is 304 g/mol. The van der Waals surface area contributed by atoms with E-state index in [1.165, 1.54) is 24.3 Å². The molecule has 0 N–H and O–H groups in total. The first-order valence-corrected chi connectivity index (χ1v) is 7.32. The van der Waals surface area contributed by atoms with Gasteiger partial charge in [0.15, 0.2) is 0 Å². The van der Waals surface area contributed by atoms with Crippen molar-refractivity contribution in [1.82, 2.24) is 4.31 Å². The first kappa shape index (κ1) is 16.4. The fraction of sp³-hybridized carbons (Fsp3) is 0.167. The van der Waals surface area contributed by atoms with Crippen molar-refractivity contribution in [2.75, 3.05) is 13.1 Å². The van der Waals surface area contributed by atoms with Crippen LogP contribution in [0.5, 0.6) is 0 Å². The third kappa shape index (κ3) is 3.44. The maximum absolute atomic E-state index is 12.4. The Morgan fingerprint density at radius 1 is 1.30 bits per heavy atom. The average molecular weight is 317 g/mol. The third-order valence-corrected chi connectivity index (χ3v) is 4.56. The van der Waals surface area contributed by atoms with Gasteiger partial charge in [-0.05, 0) is 12.1 Å². The van der Waals surface area contributed by atoms with Gasteiger partial charge in [0.25, 0.3) is 5.69 Å². The second-order valence-corrected chi connectivity index (χ2v) is 6.11. The number of halogens is 1. The zero-order valence-corrected chi connectivity index (χ0v) is 12.1. The van der Waals surface area contributed by atoms with E-state index >= 15 is 0 Å². The van der Waals surface area contributed by atoms with Gasteiger partial charge in [-0.1, -0.05) is 23.8 Å². The molecule has 1 rings (SSSR count). The number of nitro groups is 1. The molecule has 0 spiro atoms. The molecule has 0 atom stereocenters. The fourth-order valence-corrected chi connectivity index (χ4v) is 3.09. The lowest BCUT2D eigenvalue weighted by molar-refractivity contribution is -0.384. The molecule has 0 aliphatic carbocycles. The minimum Gasteiger partial charge on any atom is -0.258 e. The fourth-order valence-electron chi connectivity index (χ4n) is 1.50. The van der Waals surface area contributed by atoms with Crippen LogP contribution in [-0.4, -0.2) is 30.7 Å². The summed E-state index contributed by atoms with van der Waals surface area (Å²) in [4.78, 5) is 9.88. The highest BCUT2D eigenvalue weighted by molar-refractivity contribution is 7.89. The Morgan fingerprint density at radius 3 is 2.30 bits per heavy atom. The van der Waals surface area contributed by atoms with E-state index in [0.717, 1.165) is 10.4 Å². The van der Waals surface area contributed by atoms with Gasteiger partial charge < -0.3 is 0 Å². The Hall–Kier alpha value is -1.70. The molecule has 8 heteroatoms. The zero-order valence-electron chi connectivity index (χ0n) is 10.5. The van der Waals surface area contributed by atoms with Crippen molar-refractivity contribution in [1.29, 1.82) is 0 Å². The van der Waals surface area contributed by atoms with Crippen LogP contribution in [-0.2, 0) is 10.0 Å². The number of rotatable bonds is 7. The molecular formula is C12H13ClN2O4S. The molecule has 0 heterocycles. The maximum Gasteiger partial charge on any atom is 0.289 e. The summed E-state index contributed by atoms with van der Waals surface area (Å²) in [6, 6.07) is 3.35. The van der Waals surface area contributed by atoms with Gasteiger partial charge in [0.2, 0.25) is 10.0 Å². The number of nitro benzene ring substituents is 1. The minimum atomic E-state index is -3.87. The van der Waals surface area contributed by atoms with Crippen molar-refractivity contribution in [2.45, 2.75) is 4.90 Å². The highest BCUT2D eigenvalue weighted by atomic mass is 35.5. The second kappa shape index (κ2) is 6.65. The molecule has 0 saturated carbocycles. The molecule has 20 heavy (non-hydrogen) atoms. The van der Waals surface area contributed by atoms with Gasteiger partial charge in [-0.15, -0.1) is 13.2 Å². The summed E-state index contributed by atoms with van der Waals surface area (Å²) >= 11 is 5.66. The second-order valence-electron chi connectivity index (χ2n) is 3.77. The van der Waals surface area contributed by atoms with Crippen LogP contribution in [0.25, 0.3) is 0 Å². The molecule has 1 aromatic carbocycles. The predicted molar refractivity (Wildman–Crippen MR) is 77.3 cm³/mol. The first-order valence-electron chi connectivity index (χ1n) is 5.50. The molecule has 0 aromatic heterocycles. The average Bonchev–Trinajstić information content (AvgIpc) is 2.38. The summed E-state index contributed by atoms with van der Waals surface area (Å²) in [7, 11) is -3.87. The summed E-state index contributed by atoms with van der Waals surface area (Å²) in [6.45, 7) is 7.11. The van der Waals surface area contributed by atoms with E-state index in [1.54, 1.807) is 0 Å². The lowest BCUT2D eigenvalue weighted by atomic mass is 10.3. The smallest absolute Gasteiger partial charge is 0.258 e. The minimum absolute atomic E-state index is 0.0742. The molecule has 0 aliphatic heterocycles. The quantitative estimate of drug-likeness (QED) is 0.440. The van der Waals surface area contributed by atoms with Crippen LogP contribution in [0.2, 0.25) is 5.02 Å². The van der Waals surface area contributed by atoms with Crippen LogP contribution in [0.4, 0.5) is 5.69 Å². The van der Waals surface area contributed by atoms with Gasteiger partial charge in [0.1, 0.15) is 5.02 Å². The normalized spacial score (nSPS) is 11.3. The van der Waals surface area contributed by atoms with Crippen LogP contribution in [0.1, 0.15) is 0 Å². The summed E-state index contributed by atoms with van der Waals surface area (Å²) in [6.07, 6.45) is 2.84. The molecule has 0 aliphatic rings. The number of benzene rings is 1. The predicted octanol–water partition coefficient (Wildman–Crippen LogP) is 2.61. The van der Waals surface area contributed by atoms with E-state index in [0.29, 0.717) is 0 Å². The Balaban J connectivity index is 3.33. The van der Waals surface area contributed by atoms with Crippen molar-refractivity contribution in [3.63, 3.8) is 0 Å². The van der Waals surface area contributed by atoms with E-state index < -0.39 is 20.6 Å². The van der Waals surface area contributed by atoms with E-state index in [-0.39, 0.29) is 23.0 Å². The topological polar surface area (TPSA) is 80.5 Å². The summed E-state index contributed by atoms with van der Waals surface area (Å²) in [5, 5.41) is 10.7. The number of nitrogens with zero attached hydrogens (tertiary/aromatic N) is 2. The van der Waals surface area contributed by atoms with Crippen molar-refractivity contribution in [3.8, 4) is 0 Å². The molecule has 0 unspecified atom stereocenters. The van der Waals surface area contributed by atoms with Crippen LogP contribution in [0, 0.1) is 10.1 Å². The third-order valence-electron chi connectivity index (χ3n) is 2.42. The highest BCUT2D eigenvalue weighted by Gasteiger charge is 2.25. The molecule has 0 amide bonds. The van der Waals surface area contributed by atoms with E-state index in [2.05, 4.69) is 13.2 Å². The number of sulfonamides is 1. The largest absolute Gasteiger partial charge is 0.289 e. The van der Waals surface area contributed by atoms with Crippen LogP contribution >= 0.6 is 11.6 Å². The van der Waals surface area contributed by atoms with Crippen LogP contribution in [0.3, 0.4) is 0 Å². The van der Waals surface area contributed by atoms with Gasteiger partial charge in [-0.3, -0.25) is 10.1 Å². The SMILES string of the molecule is C=CCN(CC=C)S(=O)(=O)c1ccc(Cl)c([N+](=O)[O-])c1. The molecule has 108 valence electrons. The van der Waals surface area contributed by atoms with Gasteiger partial charge in [0.05, 0.1) is 9.82 Å². The Kier molecular flexibility index (Phi) is 5.43. The molecule has 6 nitrogen and oxygen atoms in total. The molecule has 0 fully saturated rings. The molecule has 0 radical (unpaired) electrons. The highest BCUT2D eigenvalue weighted by Crippen LogP contribution is 2.28. The summed E-state index contributed by atoms with van der Waals surface area (Å²) in [5.74, 6) is 0. The van der Waals surface area contributed by atoms with Crippen LogP contribution in [0.15, 0.2) is 48.4 Å². The standard InChI is InChI=1S/C12H13ClN2O4S/c1-3-7-14(8-4-2)20(18,19)10-5-6-11(13)12(9-10)15(16)17/h3-6,9H,1-2,7-8H2. The Bertz CT molecular complexity index is 633. The van der Waals surface area contributed by atoms with Crippen molar-refractivity contribution in [3.05, 3.63) is 58.6 Å². The van der Waals surface area contributed by atoms with Crippen LogP contribution < -0.4 is 0 Å². The first-order chi connectivity index (χ1) is 9.34. The van der Waals surface area contributed by atoms with Crippen molar-refractivity contribution < 1.29 is 13.3 Å². The van der Waals surface area contributed by atoms with E-state index in [4.69, 9.17) is 11.6 Å². The van der Waals surface area contributed by atoms with Gasteiger partial charge in [-0.2, -0.15) is 4.31 Å². The zero-order chi connectivity index (χ0) is 15.3. The lowest BCUT2D eigenvalue weighted by Crippen LogP contribution is -2.31. The van der Waals surface area contributed by atoms with E-state index in [1.807, 2.05) is 0 Å². The van der Waals surface area contributed by atoms with Gasteiger partial charge in [-0.25, -0.2) is 8.42 Å². The molecule has 0 bridgehead atoms. The molecule has 1 aromatic rings. The van der Waals surface area contributed by atoms with Gasteiger partial charge in [0, 0.05) is 19.2 Å². The number of hydrogen-bond acceptors (Lipinski definition) is 4. The maximum atomic E-state index is 12.4. The Morgan fingerprint density at radius 2 is 1.85 bits per heavy atom. The number of hydrogen-bond donors (Lipinski definition) is 0. The summed E-state index contributed by atoms with van der Waals surface area (Å²) < 4.78 is 25.8. The van der Waals surface area contributed by atoms with Gasteiger partial charge >= 0.3 is 0 Å². The lowest BCUT2D eigenvalue weighted by Gasteiger charge is -2.18. The van der Waals surface area contributed by atoms with Crippen molar-refractivity contribution >= 4 is 27.3 Å². The van der Waals surface area contributed by atoms with Crippen molar-refractivity contribution in [2.24, 2.45) is 0 Å².